The number of unbranched alkanes of at least 4 members (excludes halogenated alkanes) is 62. The van der Waals surface area contributed by atoms with Gasteiger partial charge in [0.25, 0.3) is 0 Å². The Bertz CT molecular complexity index is 1200. The first-order valence-electron chi connectivity index (χ1n) is 38.3. The Morgan fingerprint density at radius 3 is 0.744 bits per heavy atom. The molecule has 6 heteroatoms. The third-order valence-corrected chi connectivity index (χ3v) is 18.4. The summed E-state index contributed by atoms with van der Waals surface area (Å²) in [6.07, 6.45) is 88.9. The van der Waals surface area contributed by atoms with Crippen LogP contribution in [0.3, 0.4) is 0 Å². The van der Waals surface area contributed by atoms with Crippen LogP contribution in [0.1, 0.15) is 450 Å². The van der Waals surface area contributed by atoms with E-state index < -0.39 is 12.1 Å². The van der Waals surface area contributed by atoms with Crippen molar-refractivity contribution >= 4 is 11.9 Å². The second-order valence-electron chi connectivity index (χ2n) is 26.7. The van der Waals surface area contributed by atoms with Crippen LogP contribution in [0.25, 0.3) is 0 Å². The van der Waals surface area contributed by atoms with Crippen LogP contribution in [0.2, 0.25) is 0 Å². The van der Waals surface area contributed by atoms with Crippen LogP contribution in [-0.2, 0) is 14.3 Å². The summed E-state index contributed by atoms with van der Waals surface area (Å²) < 4.78 is 5.52. The molecular formula is C76H151NO5. The Morgan fingerprint density at radius 1 is 0.293 bits per heavy atom. The zero-order valence-electron chi connectivity index (χ0n) is 56.3. The predicted molar refractivity (Wildman–Crippen MR) is 361 cm³/mol. The van der Waals surface area contributed by atoms with Gasteiger partial charge in [-0.15, -0.1) is 0 Å². The van der Waals surface area contributed by atoms with Gasteiger partial charge in [-0.3, -0.25) is 9.59 Å². The lowest BCUT2D eigenvalue weighted by Crippen LogP contribution is -2.45. The highest BCUT2D eigenvalue weighted by Crippen LogP contribution is 2.20. The van der Waals surface area contributed by atoms with Gasteiger partial charge in [0.15, 0.2) is 0 Å². The molecule has 0 fully saturated rings. The maximum atomic E-state index is 12.6. The third kappa shape index (κ3) is 68.0. The van der Waals surface area contributed by atoms with E-state index >= 15 is 0 Å². The molecule has 0 aliphatic heterocycles. The molecule has 0 aromatic rings. The molecule has 0 spiro atoms. The maximum absolute atomic E-state index is 12.6. The molecule has 0 aromatic heterocycles. The van der Waals surface area contributed by atoms with Gasteiger partial charge in [-0.25, -0.2) is 0 Å². The molecule has 1 amide bonds. The highest BCUT2D eigenvalue weighted by molar-refractivity contribution is 5.76. The molecular weight excluding hydrogens is 1010 g/mol. The Labute approximate surface area is 515 Å². The molecule has 2 atom stereocenters. The van der Waals surface area contributed by atoms with Crippen LogP contribution >= 0.6 is 0 Å². The summed E-state index contributed by atoms with van der Waals surface area (Å²) in [4.78, 5) is 24.7. The number of carbonyl (C=O) groups excluding carboxylic acids is 2. The van der Waals surface area contributed by atoms with E-state index in [0.29, 0.717) is 25.9 Å². The number of rotatable bonds is 73. The lowest BCUT2D eigenvalue weighted by atomic mass is 10.0. The molecule has 0 aromatic carbocycles. The van der Waals surface area contributed by atoms with Crippen molar-refractivity contribution in [1.29, 1.82) is 0 Å². The van der Waals surface area contributed by atoms with Gasteiger partial charge in [0.05, 0.1) is 25.4 Å². The summed E-state index contributed by atoms with van der Waals surface area (Å²) in [6, 6.07) is -0.540. The molecule has 0 saturated carbocycles. The molecule has 0 radical (unpaired) electrons. The average molecular weight is 1160 g/mol. The Morgan fingerprint density at radius 2 is 0.500 bits per heavy atom. The van der Waals surface area contributed by atoms with E-state index in [9.17, 15) is 19.8 Å². The number of esters is 1. The van der Waals surface area contributed by atoms with Crippen LogP contribution in [0.15, 0.2) is 0 Å². The zero-order chi connectivity index (χ0) is 59.2. The molecule has 82 heavy (non-hydrogen) atoms. The van der Waals surface area contributed by atoms with E-state index in [0.717, 1.165) is 38.5 Å². The van der Waals surface area contributed by atoms with E-state index in [2.05, 4.69) is 19.2 Å². The number of aliphatic hydroxyl groups excluding tert-OH is 2. The minimum atomic E-state index is -0.663. The molecule has 490 valence electrons. The fraction of sp³-hybridized carbons (Fsp3) is 0.974. The number of aliphatic hydroxyl groups is 2. The van der Waals surface area contributed by atoms with Crippen molar-refractivity contribution in [2.75, 3.05) is 13.2 Å². The lowest BCUT2D eigenvalue weighted by molar-refractivity contribution is -0.143. The number of amides is 1. The van der Waals surface area contributed by atoms with Gasteiger partial charge in [0, 0.05) is 12.8 Å². The SMILES string of the molecule is CCCCCCCCCCCCCCCCCCCCCCCC(O)C(CO)NC(=O)CCCCCCCCCCCCCCCCCCCCCCCCCCCCOC(=O)CCCCCCCCCCCCCCCCCCCC. The zero-order valence-corrected chi connectivity index (χ0v) is 56.3. The van der Waals surface area contributed by atoms with Crippen LogP contribution in [0.4, 0.5) is 0 Å². The molecule has 0 aliphatic carbocycles. The highest BCUT2D eigenvalue weighted by atomic mass is 16.5. The van der Waals surface area contributed by atoms with Gasteiger partial charge in [-0.2, -0.15) is 0 Å². The summed E-state index contributed by atoms with van der Waals surface area (Å²) in [5.41, 5.74) is 0. The molecule has 0 aliphatic rings. The van der Waals surface area contributed by atoms with Crippen LogP contribution in [0.5, 0.6) is 0 Å². The topological polar surface area (TPSA) is 95.9 Å². The average Bonchev–Trinajstić information content (AvgIpc) is 3.48. The second kappa shape index (κ2) is 72.3. The third-order valence-electron chi connectivity index (χ3n) is 18.4. The van der Waals surface area contributed by atoms with Crippen molar-refractivity contribution in [2.24, 2.45) is 0 Å². The summed E-state index contributed by atoms with van der Waals surface area (Å²) in [6.45, 7) is 5.02. The summed E-state index contributed by atoms with van der Waals surface area (Å²) in [5, 5.41) is 23.4. The number of carbonyl (C=O) groups is 2. The largest absolute Gasteiger partial charge is 0.466 e. The minimum absolute atomic E-state index is 0.0234. The van der Waals surface area contributed by atoms with Gasteiger partial charge in [0.2, 0.25) is 5.91 Å². The Hall–Kier alpha value is -1.14. The van der Waals surface area contributed by atoms with Crippen LogP contribution in [-0.4, -0.2) is 47.4 Å². The van der Waals surface area contributed by atoms with E-state index in [1.165, 1.54) is 379 Å². The van der Waals surface area contributed by atoms with Crippen LogP contribution < -0.4 is 5.32 Å². The number of ether oxygens (including phenoxy) is 1. The second-order valence-corrected chi connectivity index (χ2v) is 26.7. The Balaban J connectivity index is 3.33. The molecule has 0 heterocycles. The monoisotopic (exact) mass is 1160 g/mol. The van der Waals surface area contributed by atoms with Gasteiger partial charge < -0.3 is 20.3 Å². The normalized spacial score (nSPS) is 12.4. The van der Waals surface area contributed by atoms with Gasteiger partial charge in [-0.05, 0) is 25.7 Å². The first kappa shape index (κ1) is 80.9. The van der Waals surface area contributed by atoms with E-state index in [1.54, 1.807) is 0 Å². The number of hydrogen-bond donors (Lipinski definition) is 3. The van der Waals surface area contributed by atoms with E-state index in [-0.39, 0.29) is 18.5 Å². The van der Waals surface area contributed by atoms with Crippen molar-refractivity contribution in [3.05, 3.63) is 0 Å². The van der Waals surface area contributed by atoms with Crippen molar-refractivity contribution in [3.63, 3.8) is 0 Å². The Kier molecular flexibility index (Phi) is 71.3. The van der Waals surface area contributed by atoms with Gasteiger partial charge in [0.1, 0.15) is 0 Å². The van der Waals surface area contributed by atoms with Crippen molar-refractivity contribution < 1.29 is 24.5 Å². The van der Waals surface area contributed by atoms with Crippen LogP contribution in [0, 0.1) is 0 Å². The van der Waals surface area contributed by atoms with E-state index in [4.69, 9.17) is 4.74 Å². The quantitative estimate of drug-likeness (QED) is 0.0417. The van der Waals surface area contributed by atoms with Gasteiger partial charge in [-0.1, -0.05) is 412 Å². The predicted octanol–water partition coefficient (Wildman–Crippen LogP) is 24.9. The van der Waals surface area contributed by atoms with Crippen molar-refractivity contribution in [2.45, 2.75) is 463 Å². The van der Waals surface area contributed by atoms with Crippen molar-refractivity contribution in [1.82, 2.24) is 5.32 Å². The summed E-state index contributed by atoms with van der Waals surface area (Å²) in [5.74, 6) is -0.00340. The molecule has 0 bridgehead atoms. The first-order valence-corrected chi connectivity index (χ1v) is 38.3. The minimum Gasteiger partial charge on any atom is -0.466 e. The fourth-order valence-corrected chi connectivity index (χ4v) is 12.6. The highest BCUT2D eigenvalue weighted by Gasteiger charge is 2.20. The first-order chi connectivity index (χ1) is 40.5. The smallest absolute Gasteiger partial charge is 0.305 e. The molecule has 0 rings (SSSR count). The number of hydrogen-bond acceptors (Lipinski definition) is 5. The standard InChI is InChI=1S/C76H151NO5/c1-3-5-7-9-11-13-15-17-19-21-23-30-33-36-40-44-48-52-56-60-64-68-74(79)73(72-78)77-75(80)69-65-61-57-53-49-45-41-37-34-31-28-26-24-25-27-29-32-35-39-43-47-51-55-59-63-67-71-82-76(81)70-66-62-58-54-50-46-42-38-22-20-18-16-14-12-10-8-6-4-2/h73-74,78-79H,3-72H2,1-2H3,(H,77,80). The molecule has 2 unspecified atom stereocenters. The lowest BCUT2D eigenvalue weighted by Gasteiger charge is -2.22. The molecule has 3 N–H and O–H groups in total. The van der Waals surface area contributed by atoms with Gasteiger partial charge >= 0.3 is 5.97 Å². The summed E-state index contributed by atoms with van der Waals surface area (Å²) >= 11 is 0. The number of nitrogens with one attached hydrogen (secondary N) is 1. The van der Waals surface area contributed by atoms with E-state index in [1.807, 2.05) is 0 Å². The fourth-order valence-electron chi connectivity index (χ4n) is 12.6. The van der Waals surface area contributed by atoms with Crippen molar-refractivity contribution in [3.8, 4) is 0 Å². The molecule has 6 nitrogen and oxygen atoms in total. The summed E-state index contributed by atoms with van der Waals surface area (Å²) in [7, 11) is 0. The molecule has 0 saturated heterocycles. The maximum Gasteiger partial charge on any atom is 0.305 e.